The number of carbonyl (C=O) groups excluding carboxylic acids is 2. The minimum Gasteiger partial charge on any atom is -0.352 e. The van der Waals surface area contributed by atoms with Crippen molar-refractivity contribution in [3.63, 3.8) is 0 Å². The maximum absolute atomic E-state index is 13.2. The highest BCUT2D eigenvalue weighted by atomic mass is 32.2. The number of nitrogens with zero attached hydrogens (tertiary/aromatic N) is 1. The van der Waals surface area contributed by atoms with E-state index in [2.05, 4.69) is 49.3 Å². The summed E-state index contributed by atoms with van der Waals surface area (Å²) in [6.07, 6.45) is 4.18. The van der Waals surface area contributed by atoms with Gasteiger partial charge in [-0.25, -0.2) is 8.42 Å². The molecule has 1 aliphatic rings. The second-order valence-corrected chi connectivity index (χ2v) is 10.7. The Morgan fingerprint density at radius 2 is 1.82 bits per heavy atom. The fourth-order valence-corrected chi connectivity index (χ4v) is 5.54. The summed E-state index contributed by atoms with van der Waals surface area (Å²) in [6, 6.07) is 12.0. The average Bonchev–Trinajstić information content (AvgIpc) is 3.07. The van der Waals surface area contributed by atoms with Crippen molar-refractivity contribution in [3.05, 3.63) is 77.4 Å². The smallest absolute Gasteiger partial charge is 0.251 e. The Morgan fingerprint density at radius 3 is 2.50 bits per heavy atom. The van der Waals surface area contributed by atoms with E-state index in [1.807, 2.05) is 0 Å². The summed E-state index contributed by atoms with van der Waals surface area (Å²) >= 11 is 0. The van der Waals surface area contributed by atoms with Gasteiger partial charge in [0.05, 0.1) is 4.90 Å². The quantitative estimate of drug-likeness (QED) is 0.564. The van der Waals surface area contributed by atoms with Crippen molar-refractivity contribution < 1.29 is 18.0 Å². The molecule has 0 aliphatic carbocycles. The van der Waals surface area contributed by atoms with Crippen LogP contribution in [-0.2, 0) is 21.2 Å². The van der Waals surface area contributed by atoms with Gasteiger partial charge in [-0.15, -0.1) is 0 Å². The van der Waals surface area contributed by atoms with Crippen molar-refractivity contribution in [3.8, 4) is 0 Å². The molecule has 0 radical (unpaired) electrons. The van der Waals surface area contributed by atoms with Gasteiger partial charge in [-0.1, -0.05) is 31.2 Å². The third-order valence-electron chi connectivity index (χ3n) is 6.19. The second kappa shape index (κ2) is 11.4. The maximum Gasteiger partial charge on any atom is 0.251 e. The largest absolute Gasteiger partial charge is 0.352 e. The molecule has 0 spiro atoms. The predicted molar refractivity (Wildman–Crippen MR) is 133 cm³/mol. The second-order valence-electron chi connectivity index (χ2n) is 8.72. The Morgan fingerprint density at radius 1 is 1.09 bits per heavy atom. The molecule has 0 aromatic heterocycles. The molecule has 0 bridgehead atoms. The number of aryl methyl sites for hydroxylation is 2. The van der Waals surface area contributed by atoms with Crippen LogP contribution < -0.4 is 10.6 Å². The van der Waals surface area contributed by atoms with E-state index in [0.29, 0.717) is 25.1 Å². The minimum absolute atomic E-state index is 0.134. The van der Waals surface area contributed by atoms with Gasteiger partial charge in [-0.2, -0.15) is 4.31 Å². The number of nitrogens with one attached hydrogen (secondary N) is 2. The van der Waals surface area contributed by atoms with Crippen LogP contribution in [0.2, 0.25) is 0 Å². The number of sulfonamides is 1. The van der Waals surface area contributed by atoms with Crippen LogP contribution in [0.5, 0.6) is 0 Å². The van der Waals surface area contributed by atoms with Gasteiger partial charge < -0.3 is 10.6 Å². The van der Waals surface area contributed by atoms with Crippen LogP contribution in [0.25, 0.3) is 0 Å². The van der Waals surface area contributed by atoms with Crippen LogP contribution in [0, 0.1) is 13.8 Å². The molecule has 182 valence electrons. The molecule has 3 rings (SSSR count). The number of amides is 2. The van der Waals surface area contributed by atoms with E-state index in [0.717, 1.165) is 24.8 Å². The third-order valence-corrected chi connectivity index (χ3v) is 8.07. The number of hydrogen-bond acceptors (Lipinski definition) is 4. The molecule has 34 heavy (non-hydrogen) atoms. The van der Waals surface area contributed by atoms with E-state index in [4.69, 9.17) is 0 Å². The molecule has 2 N–H and O–H groups in total. The van der Waals surface area contributed by atoms with Crippen molar-refractivity contribution in [2.75, 3.05) is 19.6 Å². The first-order valence-corrected chi connectivity index (χ1v) is 13.0. The van der Waals surface area contributed by atoms with Crippen LogP contribution in [-0.4, -0.2) is 50.2 Å². The summed E-state index contributed by atoms with van der Waals surface area (Å²) < 4.78 is 27.8. The lowest BCUT2D eigenvalue weighted by molar-refractivity contribution is -0.117. The van der Waals surface area contributed by atoms with Gasteiger partial charge in [0.2, 0.25) is 15.9 Å². The standard InChI is InChI=1S/C26H33N3O4S/c1-4-25(30)28-23-7-5-6-16-29(18-23)34(32,33)24-12-10-22(11-13-24)26(31)27-15-14-21-9-8-19(2)20(3)17-21/h4,8-13,17,23H,1,5-7,14-16,18H2,2-3H3,(H,27,31)(H,28,30). The van der Waals surface area contributed by atoms with E-state index in [1.165, 1.54) is 45.8 Å². The Labute approximate surface area is 202 Å². The molecule has 8 heteroatoms. The summed E-state index contributed by atoms with van der Waals surface area (Å²) in [5.74, 6) is -0.549. The predicted octanol–water partition coefficient (Wildman–Crippen LogP) is 3.12. The molecule has 1 atom stereocenters. The Hall–Kier alpha value is -2.97. The zero-order valence-electron chi connectivity index (χ0n) is 19.8. The van der Waals surface area contributed by atoms with Crippen LogP contribution in [0.1, 0.15) is 46.3 Å². The molecular formula is C26H33N3O4S. The maximum atomic E-state index is 13.2. The zero-order valence-corrected chi connectivity index (χ0v) is 20.7. The van der Waals surface area contributed by atoms with E-state index in [9.17, 15) is 18.0 Å². The van der Waals surface area contributed by atoms with Crippen molar-refractivity contribution in [1.29, 1.82) is 0 Å². The van der Waals surface area contributed by atoms with Crippen molar-refractivity contribution >= 4 is 21.8 Å². The molecule has 7 nitrogen and oxygen atoms in total. The molecule has 1 heterocycles. The Kier molecular flexibility index (Phi) is 8.63. The van der Waals surface area contributed by atoms with Crippen LogP contribution in [0.15, 0.2) is 60.0 Å². The van der Waals surface area contributed by atoms with Gasteiger partial charge in [0.15, 0.2) is 0 Å². The monoisotopic (exact) mass is 483 g/mol. The van der Waals surface area contributed by atoms with Crippen molar-refractivity contribution in [2.24, 2.45) is 0 Å². The summed E-state index contributed by atoms with van der Waals surface area (Å²) in [7, 11) is -3.74. The number of carbonyl (C=O) groups is 2. The lowest BCUT2D eigenvalue weighted by Crippen LogP contribution is -2.44. The van der Waals surface area contributed by atoms with E-state index in [1.54, 1.807) is 0 Å². The van der Waals surface area contributed by atoms with Gasteiger partial charge in [0.25, 0.3) is 5.91 Å². The molecule has 1 unspecified atom stereocenters. The molecule has 1 saturated heterocycles. The summed E-state index contributed by atoms with van der Waals surface area (Å²) in [5.41, 5.74) is 4.02. The molecule has 2 aromatic rings. The van der Waals surface area contributed by atoms with Crippen LogP contribution >= 0.6 is 0 Å². The third kappa shape index (κ3) is 6.55. The molecule has 0 saturated carbocycles. The van der Waals surface area contributed by atoms with Gasteiger partial charge in [-0.3, -0.25) is 9.59 Å². The van der Waals surface area contributed by atoms with E-state index < -0.39 is 10.0 Å². The Bertz CT molecular complexity index is 1140. The molecular weight excluding hydrogens is 450 g/mol. The zero-order chi connectivity index (χ0) is 24.7. The molecule has 2 aromatic carbocycles. The lowest BCUT2D eigenvalue weighted by atomic mass is 10.0. The highest BCUT2D eigenvalue weighted by Gasteiger charge is 2.29. The van der Waals surface area contributed by atoms with Gasteiger partial charge >= 0.3 is 0 Å². The first kappa shape index (κ1) is 25.6. The SMILES string of the molecule is C=CC(=O)NC1CCCCN(S(=O)(=O)c2ccc(C(=O)NCCc3ccc(C)c(C)c3)cc2)C1. The average molecular weight is 484 g/mol. The fraction of sp³-hybridized carbons (Fsp3) is 0.385. The van der Waals surface area contributed by atoms with Gasteiger partial charge in [0.1, 0.15) is 0 Å². The molecule has 1 fully saturated rings. The van der Waals surface area contributed by atoms with Crippen molar-refractivity contribution in [1.82, 2.24) is 14.9 Å². The lowest BCUT2D eigenvalue weighted by Gasteiger charge is -2.24. The van der Waals surface area contributed by atoms with Crippen LogP contribution in [0.4, 0.5) is 0 Å². The van der Waals surface area contributed by atoms with E-state index in [-0.39, 0.29) is 29.3 Å². The highest BCUT2D eigenvalue weighted by molar-refractivity contribution is 7.89. The summed E-state index contributed by atoms with van der Waals surface area (Å²) in [5, 5.41) is 5.70. The topological polar surface area (TPSA) is 95.6 Å². The number of hydrogen-bond donors (Lipinski definition) is 2. The van der Waals surface area contributed by atoms with Gasteiger partial charge in [-0.05, 0) is 80.1 Å². The summed E-state index contributed by atoms with van der Waals surface area (Å²) in [4.78, 5) is 24.3. The molecule has 1 aliphatic heterocycles. The first-order chi connectivity index (χ1) is 16.2. The Balaban J connectivity index is 1.61. The minimum atomic E-state index is -3.74. The number of rotatable bonds is 8. The van der Waals surface area contributed by atoms with Gasteiger partial charge in [0, 0.05) is 31.2 Å². The normalized spacial score (nSPS) is 16.9. The molecule has 2 amide bonds. The first-order valence-electron chi connectivity index (χ1n) is 11.6. The summed E-state index contributed by atoms with van der Waals surface area (Å²) in [6.45, 7) is 8.68. The van der Waals surface area contributed by atoms with Crippen molar-refractivity contribution in [2.45, 2.75) is 50.5 Å². The highest BCUT2D eigenvalue weighted by Crippen LogP contribution is 2.21. The van der Waals surface area contributed by atoms with Crippen LogP contribution in [0.3, 0.4) is 0 Å². The van der Waals surface area contributed by atoms with E-state index >= 15 is 0 Å². The fourth-order valence-electron chi connectivity index (χ4n) is 4.01. The number of benzene rings is 2.